The van der Waals surface area contributed by atoms with Crippen molar-refractivity contribution < 1.29 is 19.0 Å². The number of benzene rings is 2. The lowest BCUT2D eigenvalue weighted by atomic mass is 10.1. The van der Waals surface area contributed by atoms with E-state index in [2.05, 4.69) is 17.2 Å². The van der Waals surface area contributed by atoms with Gasteiger partial charge in [-0.25, -0.2) is 0 Å². The molecule has 1 amide bonds. The van der Waals surface area contributed by atoms with Gasteiger partial charge in [0.25, 0.3) is 5.91 Å². The smallest absolute Gasteiger partial charge is 0.265 e. The SMILES string of the molecule is CCCCOc1ccc(NC(=O)C(C)Oc2ccccc2OC)c2cccnc12. The minimum atomic E-state index is -0.710. The number of para-hydroxylation sites is 2. The van der Waals surface area contributed by atoms with Crippen molar-refractivity contribution in [3.8, 4) is 17.2 Å². The van der Waals surface area contributed by atoms with E-state index in [1.165, 1.54) is 0 Å². The average molecular weight is 394 g/mol. The maximum Gasteiger partial charge on any atom is 0.265 e. The fourth-order valence-electron chi connectivity index (χ4n) is 2.89. The van der Waals surface area contributed by atoms with Crippen molar-refractivity contribution >= 4 is 22.5 Å². The summed E-state index contributed by atoms with van der Waals surface area (Å²) in [5.41, 5.74) is 1.39. The van der Waals surface area contributed by atoms with Crippen molar-refractivity contribution in [3.63, 3.8) is 0 Å². The van der Waals surface area contributed by atoms with Gasteiger partial charge in [-0.1, -0.05) is 25.5 Å². The summed E-state index contributed by atoms with van der Waals surface area (Å²) in [6.07, 6.45) is 3.04. The maximum atomic E-state index is 12.7. The van der Waals surface area contributed by atoms with Crippen LogP contribution in [-0.4, -0.2) is 30.7 Å². The van der Waals surface area contributed by atoms with E-state index in [1.54, 1.807) is 32.4 Å². The van der Waals surface area contributed by atoms with E-state index in [0.29, 0.717) is 29.5 Å². The standard InChI is InChI=1S/C23H26N2O4/c1-4-5-15-28-21-13-12-18(17-9-8-14-24-22(17)21)25-23(26)16(2)29-20-11-7-6-10-19(20)27-3/h6-14,16H,4-5,15H2,1-3H3,(H,25,26). The number of hydrogen-bond donors (Lipinski definition) is 1. The van der Waals surface area contributed by atoms with Crippen LogP contribution in [0.15, 0.2) is 54.7 Å². The molecule has 0 bridgehead atoms. The molecule has 152 valence electrons. The highest BCUT2D eigenvalue weighted by atomic mass is 16.5. The molecule has 0 aliphatic rings. The predicted octanol–water partition coefficient (Wildman–Crippen LogP) is 4.83. The van der Waals surface area contributed by atoms with Crippen LogP contribution in [0, 0.1) is 0 Å². The lowest BCUT2D eigenvalue weighted by Crippen LogP contribution is -2.30. The number of rotatable bonds is 9. The topological polar surface area (TPSA) is 69.7 Å². The molecule has 0 aliphatic heterocycles. The van der Waals surface area contributed by atoms with E-state index >= 15 is 0 Å². The minimum Gasteiger partial charge on any atom is -0.493 e. The molecule has 0 aliphatic carbocycles. The summed E-state index contributed by atoms with van der Waals surface area (Å²) in [5.74, 6) is 1.55. The van der Waals surface area contributed by atoms with Crippen LogP contribution in [0.3, 0.4) is 0 Å². The molecule has 3 rings (SSSR count). The monoisotopic (exact) mass is 394 g/mol. The van der Waals surface area contributed by atoms with Crippen LogP contribution in [0.5, 0.6) is 17.2 Å². The Morgan fingerprint density at radius 3 is 2.62 bits per heavy atom. The van der Waals surface area contributed by atoms with E-state index in [0.717, 1.165) is 23.7 Å². The van der Waals surface area contributed by atoms with E-state index in [4.69, 9.17) is 14.2 Å². The van der Waals surface area contributed by atoms with Crippen molar-refractivity contribution in [2.24, 2.45) is 0 Å². The highest BCUT2D eigenvalue weighted by Gasteiger charge is 2.18. The van der Waals surface area contributed by atoms with Gasteiger partial charge >= 0.3 is 0 Å². The van der Waals surface area contributed by atoms with Gasteiger partial charge < -0.3 is 19.5 Å². The van der Waals surface area contributed by atoms with Gasteiger partial charge in [0.2, 0.25) is 0 Å². The Bertz CT molecular complexity index is 974. The second kappa shape index (κ2) is 9.78. The van der Waals surface area contributed by atoms with Gasteiger partial charge in [0.05, 0.1) is 19.4 Å². The number of aromatic nitrogens is 1. The lowest BCUT2D eigenvalue weighted by molar-refractivity contribution is -0.122. The van der Waals surface area contributed by atoms with Gasteiger partial charge in [0.15, 0.2) is 17.6 Å². The number of pyridine rings is 1. The fourth-order valence-corrected chi connectivity index (χ4v) is 2.89. The maximum absolute atomic E-state index is 12.7. The number of methoxy groups -OCH3 is 1. The molecular weight excluding hydrogens is 368 g/mol. The molecule has 0 spiro atoms. The molecule has 1 unspecified atom stereocenters. The molecule has 3 aromatic rings. The van der Waals surface area contributed by atoms with Crippen molar-refractivity contribution in [3.05, 3.63) is 54.7 Å². The summed E-state index contributed by atoms with van der Waals surface area (Å²) in [7, 11) is 1.57. The zero-order chi connectivity index (χ0) is 20.6. The summed E-state index contributed by atoms with van der Waals surface area (Å²) in [6, 6.07) is 14.7. The number of nitrogens with zero attached hydrogens (tertiary/aromatic N) is 1. The van der Waals surface area contributed by atoms with E-state index in [-0.39, 0.29) is 5.91 Å². The average Bonchev–Trinajstić information content (AvgIpc) is 2.75. The van der Waals surface area contributed by atoms with Gasteiger partial charge in [-0.2, -0.15) is 0 Å². The third-order valence-corrected chi connectivity index (χ3v) is 4.49. The number of unbranched alkanes of at least 4 members (excludes halogenated alkanes) is 1. The highest BCUT2D eigenvalue weighted by molar-refractivity contribution is 6.04. The Balaban J connectivity index is 1.77. The lowest BCUT2D eigenvalue weighted by Gasteiger charge is -2.18. The molecule has 0 radical (unpaired) electrons. The van der Waals surface area contributed by atoms with Crippen LogP contribution >= 0.6 is 0 Å². The van der Waals surface area contributed by atoms with Crippen molar-refractivity contribution in [1.29, 1.82) is 0 Å². The number of carbonyl (C=O) groups is 1. The van der Waals surface area contributed by atoms with E-state index < -0.39 is 6.10 Å². The van der Waals surface area contributed by atoms with Crippen LogP contribution in [-0.2, 0) is 4.79 Å². The van der Waals surface area contributed by atoms with Gasteiger partial charge in [0.1, 0.15) is 11.3 Å². The summed E-state index contributed by atoms with van der Waals surface area (Å²) in [4.78, 5) is 17.2. The normalized spacial score (nSPS) is 11.7. The molecule has 0 saturated heterocycles. The molecule has 6 nitrogen and oxygen atoms in total. The van der Waals surface area contributed by atoms with Crippen LogP contribution < -0.4 is 19.5 Å². The van der Waals surface area contributed by atoms with Crippen molar-refractivity contribution in [1.82, 2.24) is 4.98 Å². The first kappa shape index (κ1) is 20.5. The van der Waals surface area contributed by atoms with Crippen LogP contribution in [0.25, 0.3) is 10.9 Å². The number of ether oxygens (including phenoxy) is 3. The summed E-state index contributed by atoms with van der Waals surface area (Å²) < 4.78 is 16.9. The molecule has 1 heterocycles. The summed E-state index contributed by atoms with van der Waals surface area (Å²) in [6.45, 7) is 4.45. The molecule has 29 heavy (non-hydrogen) atoms. The molecule has 1 aromatic heterocycles. The molecular formula is C23H26N2O4. The zero-order valence-electron chi connectivity index (χ0n) is 17.0. The fraction of sp³-hybridized carbons (Fsp3) is 0.304. The van der Waals surface area contributed by atoms with Crippen molar-refractivity contribution in [2.45, 2.75) is 32.8 Å². The Morgan fingerprint density at radius 2 is 1.86 bits per heavy atom. The molecule has 1 atom stereocenters. The van der Waals surface area contributed by atoms with Gasteiger partial charge in [-0.05, 0) is 49.7 Å². The number of fused-ring (bicyclic) bond motifs is 1. The third kappa shape index (κ3) is 4.96. The van der Waals surface area contributed by atoms with E-state index in [9.17, 15) is 4.79 Å². The Hall–Kier alpha value is -3.28. The summed E-state index contributed by atoms with van der Waals surface area (Å²) in [5, 5.41) is 3.76. The second-order valence-electron chi connectivity index (χ2n) is 6.61. The van der Waals surface area contributed by atoms with Gasteiger partial charge in [-0.15, -0.1) is 0 Å². The first-order chi connectivity index (χ1) is 14.1. The second-order valence-corrected chi connectivity index (χ2v) is 6.61. The molecule has 0 fully saturated rings. The molecule has 0 saturated carbocycles. The van der Waals surface area contributed by atoms with Crippen LogP contribution in [0.1, 0.15) is 26.7 Å². The number of anilines is 1. The largest absolute Gasteiger partial charge is 0.493 e. The quantitative estimate of drug-likeness (QED) is 0.527. The Kier molecular flexibility index (Phi) is 6.89. The van der Waals surface area contributed by atoms with E-state index in [1.807, 2.05) is 36.4 Å². The minimum absolute atomic E-state index is 0.263. The third-order valence-electron chi connectivity index (χ3n) is 4.49. The number of amides is 1. The Morgan fingerprint density at radius 1 is 1.07 bits per heavy atom. The molecule has 2 aromatic carbocycles. The van der Waals surface area contributed by atoms with Crippen LogP contribution in [0.2, 0.25) is 0 Å². The van der Waals surface area contributed by atoms with Crippen molar-refractivity contribution in [2.75, 3.05) is 19.0 Å². The number of carbonyl (C=O) groups excluding carboxylic acids is 1. The predicted molar refractivity (Wildman–Crippen MR) is 114 cm³/mol. The number of nitrogens with one attached hydrogen (secondary N) is 1. The Labute approximate surface area is 170 Å². The number of hydrogen-bond acceptors (Lipinski definition) is 5. The molecule has 1 N–H and O–H groups in total. The summed E-state index contributed by atoms with van der Waals surface area (Å²) >= 11 is 0. The highest BCUT2D eigenvalue weighted by Crippen LogP contribution is 2.31. The van der Waals surface area contributed by atoms with Crippen LogP contribution in [0.4, 0.5) is 5.69 Å². The first-order valence-corrected chi connectivity index (χ1v) is 9.75. The van der Waals surface area contributed by atoms with Gasteiger partial charge in [-0.3, -0.25) is 9.78 Å². The first-order valence-electron chi connectivity index (χ1n) is 9.75. The molecule has 6 heteroatoms. The zero-order valence-corrected chi connectivity index (χ0v) is 17.0. The van der Waals surface area contributed by atoms with Gasteiger partial charge in [0, 0.05) is 11.6 Å².